The molecule has 0 bridgehead atoms. The lowest BCUT2D eigenvalue weighted by Gasteiger charge is -2.43. The van der Waals surface area contributed by atoms with E-state index in [1.807, 2.05) is 48.5 Å². The van der Waals surface area contributed by atoms with Crippen LogP contribution >= 0.6 is 0 Å². The Morgan fingerprint density at radius 3 is 2.57 bits per heavy atom. The molecule has 7 nitrogen and oxygen atoms in total. The average molecular weight is 502 g/mol. The quantitative estimate of drug-likeness (QED) is 0.469. The lowest BCUT2D eigenvalue weighted by atomic mass is 9.89. The molecule has 1 amide bonds. The number of pyridine rings is 1. The molecule has 2 aliphatic heterocycles. The zero-order chi connectivity index (χ0) is 25.6. The third-order valence-electron chi connectivity index (χ3n) is 7.35. The highest BCUT2D eigenvalue weighted by Gasteiger charge is 2.39. The van der Waals surface area contributed by atoms with Gasteiger partial charge in [-0.05, 0) is 61.3 Å². The number of hydrogen-bond acceptors (Lipinski definition) is 6. The van der Waals surface area contributed by atoms with E-state index in [0.717, 1.165) is 36.3 Å². The van der Waals surface area contributed by atoms with Crippen molar-refractivity contribution in [3.05, 3.63) is 95.3 Å². The molecule has 4 unspecified atom stereocenters. The second-order valence-corrected chi connectivity index (χ2v) is 10.0. The highest BCUT2D eigenvalue weighted by atomic mass is 16.7. The first-order valence-electron chi connectivity index (χ1n) is 13.1. The number of nitrogens with zero attached hydrogens (tertiary/aromatic N) is 2. The Balaban J connectivity index is 1.38. The van der Waals surface area contributed by atoms with Gasteiger partial charge >= 0.3 is 0 Å². The molecule has 0 radical (unpaired) electrons. The number of carbonyl (C=O) groups is 1. The van der Waals surface area contributed by atoms with E-state index >= 15 is 0 Å². The summed E-state index contributed by atoms with van der Waals surface area (Å²) in [4.78, 5) is 19.2. The van der Waals surface area contributed by atoms with Gasteiger partial charge in [0.15, 0.2) is 6.29 Å². The number of aliphatic hydroxyl groups excluding tert-OH is 1. The number of ether oxygens (including phenoxy) is 2. The molecule has 37 heavy (non-hydrogen) atoms. The van der Waals surface area contributed by atoms with Crippen molar-refractivity contribution in [2.45, 2.75) is 51.3 Å². The average Bonchev–Trinajstić information content (AvgIpc) is 2.95. The van der Waals surface area contributed by atoms with E-state index in [4.69, 9.17) is 9.47 Å². The highest BCUT2D eigenvalue weighted by Crippen LogP contribution is 2.42. The monoisotopic (exact) mass is 501 g/mol. The summed E-state index contributed by atoms with van der Waals surface area (Å²) in [6.45, 7) is 5.28. The second-order valence-electron chi connectivity index (χ2n) is 10.0. The summed E-state index contributed by atoms with van der Waals surface area (Å²) in [6, 6.07) is 19.1. The van der Waals surface area contributed by atoms with Crippen molar-refractivity contribution < 1.29 is 19.4 Å². The van der Waals surface area contributed by atoms with E-state index in [2.05, 4.69) is 22.1 Å². The van der Waals surface area contributed by atoms with Crippen LogP contribution in [0.5, 0.6) is 0 Å². The van der Waals surface area contributed by atoms with Gasteiger partial charge < -0.3 is 24.8 Å². The molecule has 2 aliphatic rings. The summed E-state index contributed by atoms with van der Waals surface area (Å²) in [6.07, 6.45) is 6.21. The maximum atomic E-state index is 12.7. The van der Waals surface area contributed by atoms with Crippen LogP contribution in [0, 0.1) is 5.92 Å². The van der Waals surface area contributed by atoms with Gasteiger partial charge in [-0.2, -0.15) is 0 Å². The van der Waals surface area contributed by atoms with E-state index < -0.39 is 6.29 Å². The van der Waals surface area contributed by atoms with Gasteiger partial charge in [-0.1, -0.05) is 49.7 Å². The molecular formula is C30H35N3O4. The molecular weight excluding hydrogens is 466 g/mol. The van der Waals surface area contributed by atoms with Gasteiger partial charge in [-0.25, -0.2) is 0 Å². The van der Waals surface area contributed by atoms with E-state index in [9.17, 15) is 9.90 Å². The molecule has 0 saturated carbocycles. The van der Waals surface area contributed by atoms with Gasteiger partial charge in [0, 0.05) is 36.1 Å². The minimum atomic E-state index is -0.566. The summed E-state index contributed by atoms with van der Waals surface area (Å²) in [5.41, 5.74) is 3.98. The minimum Gasteiger partial charge on any atom is -0.392 e. The second kappa shape index (κ2) is 12.0. The fraction of sp³-hybridized carbons (Fsp3) is 0.400. The first-order chi connectivity index (χ1) is 18.1. The molecule has 0 aliphatic carbocycles. The summed E-state index contributed by atoms with van der Waals surface area (Å²) < 4.78 is 13.2. The van der Waals surface area contributed by atoms with Gasteiger partial charge in [-0.3, -0.25) is 9.78 Å². The van der Waals surface area contributed by atoms with Crippen LogP contribution in [0.2, 0.25) is 0 Å². The number of aliphatic hydroxyl groups is 1. The highest BCUT2D eigenvalue weighted by molar-refractivity contribution is 6.04. The van der Waals surface area contributed by atoms with Gasteiger partial charge in [-0.15, -0.1) is 0 Å². The predicted molar refractivity (Wildman–Crippen MR) is 142 cm³/mol. The van der Waals surface area contributed by atoms with E-state index in [0.29, 0.717) is 11.3 Å². The molecule has 5 rings (SSSR count). The summed E-state index contributed by atoms with van der Waals surface area (Å²) in [5, 5.41) is 12.4. The topological polar surface area (TPSA) is 83.9 Å². The standard InChI is InChI=1S/C30H35N3O4/c1-21-27(19-33-15-3-2-4-16-33)36-30(37-28(21)23-12-10-22(20-34)11-13-23)24-7-5-9-26(17-24)32-29(35)25-8-6-14-31-18-25/h5-14,17-18,21,27-28,30,34H,2-4,15-16,19-20H2,1H3,(H,32,35). The van der Waals surface area contributed by atoms with E-state index in [-0.39, 0.29) is 30.6 Å². The Labute approximate surface area is 218 Å². The first-order valence-corrected chi connectivity index (χ1v) is 13.1. The van der Waals surface area contributed by atoms with Crippen LogP contribution in [-0.2, 0) is 16.1 Å². The summed E-state index contributed by atoms with van der Waals surface area (Å²) in [5.74, 6) is -0.0687. The molecule has 3 heterocycles. The fourth-order valence-corrected chi connectivity index (χ4v) is 5.19. The van der Waals surface area contributed by atoms with Gasteiger partial charge in [0.2, 0.25) is 0 Å². The molecule has 2 fully saturated rings. The Morgan fingerprint density at radius 1 is 1.03 bits per heavy atom. The number of anilines is 1. The SMILES string of the molecule is CC1C(CN2CCCCC2)OC(c2cccc(NC(=O)c3cccnc3)c2)OC1c1ccc(CO)cc1. The van der Waals surface area contributed by atoms with E-state index in [1.165, 1.54) is 19.3 Å². The molecule has 4 atom stereocenters. The normalized spacial score (nSPS) is 24.5. The minimum absolute atomic E-state index is 0.00647. The molecule has 7 heteroatoms. The Hall–Kier alpha value is -3.10. The Kier molecular flexibility index (Phi) is 8.26. The number of rotatable bonds is 7. The summed E-state index contributed by atoms with van der Waals surface area (Å²) >= 11 is 0. The van der Waals surface area contributed by atoms with Crippen molar-refractivity contribution in [1.29, 1.82) is 0 Å². The van der Waals surface area contributed by atoms with Crippen LogP contribution in [0.15, 0.2) is 73.1 Å². The zero-order valence-electron chi connectivity index (χ0n) is 21.3. The van der Waals surface area contributed by atoms with Gasteiger partial charge in [0.1, 0.15) is 0 Å². The lowest BCUT2D eigenvalue weighted by Crippen LogP contribution is -2.45. The van der Waals surface area contributed by atoms with Crippen LogP contribution in [-0.4, -0.2) is 46.6 Å². The summed E-state index contributed by atoms with van der Waals surface area (Å²) in [7, 11) is 0. The number of amides is 1. The smallest absolute Gasteiger partial charge is 0.257 e. The number of nitrogens with one attached hydrogen (secondary N) is 1. The number of aromatic nitrogens is 1. The maximum Gasteiger partial charge on any atom is 0.257 e. The predicted octanol–water partition coefficient (Wildman–Crippen LogP) is 5.10. The number of carbonyl (C=O) groups excluding carboxylic acids is 1. The first kappa shape index (κ1) is 25.5. The number of piperidine rings is 1. The van der Waals surface area contributed by atoms with Crippen molar-refractivity contribution in [2.24, 2.45) is 5.92 Å². The molecule has 194 valence electrons. The lowest BCUT2D eigenvalue weighted by molar-refractivity contribution is -0.276. The largest absolute Gasteiger partial charge is 0.392 e. The number of hydrogen-bond donors (Lipinski definition) is 2. The molecule has 2 aromatic carbocycles. The van der Waals surface area contributed by atoms with Crippen molar-refractivity contribution in [3.63, 3.8) is 0 Å². The molecule has 2 N–H and O–H groups in total. The zero-order valence-corrected chi connectivity index (χ0v) is 21.3. The molecule has 3 aromatic rings. The Bertz CT molecular complexity index is 1160. The van der Waals surface area contributed by atoms with Crippen molar-refractivity contribution >= 4 is 11.6 Å². The Morgan fingerprint density at radius 2 is 1.84 bits per heavy atom. The van der Waals surface area contributed by atoms with Crippen LogP contribution in [0.25, 0.3) is 0 Å². The van der Waals surface area contributed by atoms with Crippen LogP contribution in [0.4, 0.5) is 5.69 Å². The third-order valence-corrected chi connectivity index (χ3v) is 7.35. The van der Waals surface area contributed by atoms with Crippen LogP contribution in [0.1, 0.15) is 65.6 Å². The van der Waals surface area contributed by atoms with Crippen LogP contribution < -0.4 is 5.32 Å². The molecule has 2 saturated heterocycles. The van der Waals surface area contributed by atoms with Crippen molar-refractivity contribution in [2.75, 3.05) is 25.0 Å². The fourth-order valence-electron chi connectivity index (χ4n) is 5.19. The molecule has 1 aromatic heterocycles. The molecule has 0 spiro atoms. The maximum absolute atomic E-state index is 12.7. The van der Waals surface area contributed by atoms with Gasteiger partial charge in [0.05, 0.1) is 24.4 Å². The third kappa shape index (κ3) is 6.25. The van der Waals surface area contributed by atoms with Crippen LogP contribution in [0.3, 0.4) is 0 Å². The van der Waals surface area contributed by atoms with Crippen molar-refractivity contribution in [3.8, 4) is 0 Å². The number of likely N-dealkylation sites (tertiary alicyclic amines) is 1. The van der Waals surface area contributed by atoms with Gasteiger partial charge in [0.25, 0.3) is 5.91 Å². The number of benzene rings is 2. The van der Waals surface area contributed by atoms with Crippen molar-refractivity contribution in [1.82, 2.24) is 9.88 Å². The van der Waals surface area contributed by atoms with E-state index in [1.54, 1.807) is 24.5 Å².